The van der Waals surface area contributed by atoms with Crippen LogP contribution in [0.3, 0.4) is 0 Å². The minimum Gasteiger partial charge on any atom is -0.494 e. The average Bonchev–Trinajstić information content (AvgIpc) is 2.33. The minimum absolute atomic E-state index is 0.473. The quantitative estimate of drug-likeness (QED) is 0.877. The summed E-state index contributed by atoms with van der Waals surface area (Å²) in [5.41, 5.74) is 5.50. The van der Waals surface area contributed by atoms with Gasteiger partial charge in [0.05, 0.1) is 12.8 Å². The van der Waals surface area contributed by atoms with E-state index in [1.54, 1.807) is 18.3 Å². The standard InChI is InChI=1S/C13H14N2O2/c1-2-16-10-4-3-5-11(8-10)17-12-6-7-13(14)15-9-12/h3-9H,2H2,1H3,(H2,14,15). The molecular formula is C13H14N2O2. The Morgan fingerprint density at radius 1 is 1.12 bits per heavy atom. The highest BCUT2D eigenvalue weighted by atomic mass is 16.5. The lowest BCUT2D eigenvalue weighted by molar-refractivity contribution is 0.338. The number of nitrogen functional groups attached to an aromatic ring is 1. The van der Waals surface area contributed by atoms with Gasteiger partial charge < -0.3 is 15.2 Å². The Morgan fingerprint density at radius 3 is 2.65 bits per heavy atom. The molecule has 0 fully saturated rings. The van der Waals surface area contributed by atoms with Gasteiger partial charge in [-0.1, -0.05) is 6.07 Å². The van der Waals surface area contributed by atoms with Crippen LogP contribution in [0.15, 0.2) is 42.6 Å². The molecule has 0 radical (unpaired) electrons. The highest BCUT2D eigenvalue weighted by Gasteiger charge is 1.99. The van der Waals surface area contributed by atoms with Crippen LogP contribution in [0, 0.1) is 0 Å². The smallest absolute Gasteiger partial charge is 0.145 e. The van der Waals surface area contributed by atoms with Gasteiger partial charge in [0.25, 0.3) is 0 Å². The molecule has 2 aromatic rings. The molecule has 0 aliphatic rings. The molecular weight excluding hydrogens is 216 g/mol. The van der Waals surface area contributed by atoms with Crippen LogP contribution in [-0.4, -0.2) is 11.6 Å². The number of nitrogens with zero attached hydrogens (tertiary/aromatic N) is 1. The van der Waals surface area contributed by atoms with E-state index in [4.69, 9.17) is 15.2 Å². The van der Waals surface area contributed by atoms with Crippen molar-refractivity contribution in [3.05, 3.63) is 42.6 Å². The summed E-state index contributed by atoms with van der Waals surface area (Å²) in [6.07, 6.45) is 1.59. The first kappa shape index (κ1) is 11.3. The molecule has 0 atom stereocenters. The second-order valence-electron chi connectivity index (χ2n) is 3.43. The van der Waals surface area contributed by atoms with Crippen LogP contribution in [0.4, 0.5) is 5.82 Å². The molecule has 4 nitrogen and oxygen atoms in total. The van der Waals surface area contributed by atoms with Crippen molar-refractivity contribution in [1.29, 1.82) is 0 Å². The van der Waals surface area contributed by atoms with Crippen molar-refractivity contribution in [2.24, 2.45) is 0 Å². The minimum atomic E-state index is 0.473. The molecule has 0 bridgehead atoms. The number of hydrogen-bond donors (Lipinski definition) is 1. The van der Waals surface area contributed by atoms with E-state index in [2.05, 4.69) is 4.98 Å². The summed E-state index contributed by atoms with van der Waals surface area (Å²) in [7, 11) is 0. The number of anilines is 1. The normalized spacial score (nSPS) is 9.94. The van der Waals surface area contributed by atoms with Crippen molar-refractivity contribution in [3.8, 4) is 17.2 Å². The monoisotopic (exact) mass is 230 g/mol. The lowest BCUT2D eigenvalue weighted by Gasteiger charge is -2.07. The van der Waals surface area contributed by atoms with Gasteiger partial charge in [0.1, 0.15) is 23.1 Å². The van der Waals surface area contributed by atoms with Crippen LogP contribution < -0.4 is 15.2 Å². The molecule has 1 aromatic heterocycles. The first-order valence-electron chi connectivity index (χ1n) is 5.40. The van der Waals surface area contributed by atoms with E-state index in [-0.39, 0.29) is 0 Å². The van der Waals surface area contributed by atoms with Crippen molar-refractivity contribution in [3.63, 3.8) is 0 Å². The Balaban J connectivity index is 2.12. The zero-order valence-electron chi connectivity index (χ0n) is 9.59. The predicted molar refractivity (Wildman–Crippen MR) is 66.3 cm³/mol. The summed E-state index contributed by atoms with van der Waals surface area (Å²) in [5.74, 6) is 2.61. The fraction of sp³-hybridized carbons (Fsp3) is 0.154. The molecule has 0 amide bonds. The Hall–Kier alpha value is -2.23. The number of benzene rings is 1. The van der Waals surface area contributed by atoms with E-state index in [1.165, 1.54) is 0 Å². The van der Waals surface area contributed by atoms with Gasteiger partial charge in [-0.05, 0) is 31.2 Å². The Labute approximate surface area is 100 Å². The number of aromatic nitrogens is 1. The van der Waals surface area contributed by atoms with Crippen LogP contribution in [0.2, 0.25) is 0 Å². The fourth-order valence-corrected chi connectivity index (χ4v) is 1.38. The maximum atomic E-state index is 5.62. The van der Waals surface area contributed by atoms with Crippen molar-refractivity contribution >= 4 is 5.82 Å². The van der Waals surface area contributed by atoms with E-state index in [1.807, 2.05) is 31.2 Å². The molecule has 1 aromatic carbocycles. The predicted octanol–water partition coefficient (Wildman–Crippen LogP) is 2.85. The van der Waals surface area contributed by atoms with Gasteiger partial charge in [-0.25, -0.2) is 4.98 Å². The summed E-state index contributed by atoms with van der Waals surface area (Å²) in [6, 6.07) is 10.9. The number of ether oxygens (including phenoxy) is 2. The van der Waals surface area contributed by atoms with Crippen LogP contribution in [0.25, 0.3) is 0 Å². The molecule has 0 spiro atoms. The van der Waals surface area contributed by atoms with Gasteiger partial charge in [0.15, 0.2) is 0 Å². The van der Waals surface area contributed by atoms with Gasteiger partial charge in [-0.2, -0.15) is 0 Å². The highest BCUT2D eigenvalue weighted by Crippen LogP contribution is 2.24. The number of nitrogens with two attached hydrogens (primary N) is 1. The van der Waals surface area contributed by atoms with E-state index in [0.717, 1.165) is 5.75 Å². The van der Waals surface area contributed by atoms with Crippen LogP contribution in [-0.2, 0) is 0 Å². The third-order valence-electron chi connectivity index (χ3n) is 2.11. The fourth-order valence-electron chi connectivity index (χ4n) is 1.38. The van der Waals surface area contributed by atoms with Crippen molar-refractivity contribution in [2.45, 2.75) is 6.92 Å². The molecule has 2 N–H and O–H groups in total. The molecule has 0 aliphatic heterocycles. The summed E-state index contributed by atoms with van der Waals surface area (Å²) in [4.78, 5) is 3.96. The molecule has 4 heteroatoms. The Kier molecular flexibility index (Phi) is 3.45. The van der Waals surface area contributed by atoms with E-state index >= 15 is 0 Å². The first-order chi connectivity index (χ1) is 8.28. The second kappa shape index (κ2) is 5.21. The number of rotatable bonds is 4. The molecule has 0 unspecified atom stereocenters. The van der Waals surface area contributed by atoms with Gasteiger partial charge in [0, 0.05) is 6.07 Å². The van der Waals surface area contributed by atoms with Gasteiger partial charge in [0.2, 0.25) is 0 Å². The number of hydrogen-bond acceptors (Lipinski definition) is 4. The molecule has 2 rings (SSSR count). The highest BCUT2D eigenvalue weighted by molar-refractivity contribution is 5.38. The third kappa shape index (κ3) is 3.11. The number of pyridine rings is 1. The van der Waals surface area contributed by atoms with E-state index < -0.39 is 0 Å². The van der Waals surface area contributed by atoms with Crippen LogP contribution in [0.5, 0.6) is 17.2 Å². The van der Waals surface area contributed by atoms with Crippen molar-refractivity contribution in [1.82, 2.24) is 4.98 Å². The average molecular weight is 230 g/mol. The molecule has 88 valence electrons. The van der Waals surface area contributed by atoms with Gasteiger partial charge >= 0.3 is 0 Å². The maximum absolute atomic E-state index is 5.62. The zero-order chi connectivity index (χ0) is 12.1. The maximum Gasteiger partial charge on any atom is 0.145 e. The molecule has 17 heavy (non-hydrogen) atoms. The van der Waals surface area contributed by atoms with Crippen LogP contribution >= 0.6 is 0 Å². The van der Waals surface area contributed by atoms with Gasteiger partial charge in [-0.15, -0.1) is 0 Å². The van der Waals surface area contributed by atoms with Crippen LogP contribution in [0.1, 0.15) is 6.92 Å². The van der Waals surface area contributed by atoms with Crippen molar-refractivity contribution in [2.75, 3.05) is 12.3 Å². The summed E-state index contributed by atoms with van der Waals surface area (Å²) < 4.78 is 11.0. The summed E-state index contributed by atoms with van der Waals surface area (Å²) >= 11 is 0. The molecule has 0 aliphatic carbocycles. The summed E-state index contributed by atoms with van der Waals surface area (Å²) in [5, 5.41) is 0. The van der Waals surface area contributed by atoms with E-state index in [9.17, 15) is 0 Å². The Morgan fingerprint density at radius 2 is 1.94 bits per heavy atom. The molecule has 1 heterocycles. The largest absolute Gasteiger partial charge is 0.494 e. The topological polar surface area (TPSA) is 57.4 Å². The lowest BCUT2D eigenvalue weighted by atomic mass is 10.3. The third-order valence-corrected chi connectivity index (χ3v) is 2.11. The van der Waals surface area contributed by atoms with E-state index in [0.29, 0.717) is 23.9 Å². The van der Waals surface area contributed by atoms with Crippen molar-refractivity contribution < 1.29 is 9.47 Å². The molecule has 0 saturated carbocycles. The molecule has 0 saturated heterocycles. The summed E-state index contributed by atoms with van der Waals surface area (Å²) in [6.45, 7) is 2.57. The first-order valence-corrected chi connectivity index (χ1v) is 5.40. The van der Waals surface area contributed by atoms with Gasteiger partial charge in [-0.3, -0.25) is 0 Å². The second-order valence-corrected chi connectivity index (χ2v) is 3.43. The lowest BCUT2D eigenvalue weighted by Crippen LogP contribution is -1.92. The Bertz CT molecular complexity index is 483. The zero-order valence-corrected chi connectivity index (χ0v) is 9.59. The SMILES string of the molecule is CCOc1cccc(Oc2ccc(N)nc2)c1.